The molecule has 4 bridgehead atoms. The lowest BCUT2D eigenvalue weighted by Gasteiger charge is -2.56. The van der Waals surface area contributed by atoms with Crippen LogP contribution in [0.2, 0.25) is 0 Å². The first kappa shape index (κ1) is 15.0. The monoisotopic (exact) mass is 343 g/mol. The van der Waals surface area contributed by atoms with Gasteiger partial charge in [0.1, 0.15) is 6.33 Å². The quantitative estimate of drug-likeness (QED) is 0.778. The van der Waals surface area contributed by atoms with E-state index >= 15 is 0 Å². The standard InChI is InChI=1S/C17H21N5O3/c1-21-16(24)22-9-18-13(14(22)19-20-21)15(23)25-8-17-5-10-2-11(6-17)4-12(3-10)7-17/h9-12H,2-8H2,1H3/t10-,11-,12?,17?/m1/s1. The lowest BCUT2D eigenvalue weighted by Crippen LogP contribution is -2.48. The van der Waals surface area contributed by atoms with Gasteiger partial charge in [0, 0.05) is 12.5 Å². The summed E-state index contributed by atoms with van der Waals surface area (Å²) in [5.41, 5.74) is -0.0203. The van der Waals surface area contributed by atoms with Crippen LogP contribution in [0.5, 0.6) is 0 Å². The number of carbonyl (C=O) groups excluding carboxylic acids is 1. The molecule has 0 N–H and O–H groups in total. The van der Waals surface area contributed by atoms with Gasteiger partial charge in [0.2, 0.25) is 0 Å². The molecule has 25 heavy (non-hydrogen) atoms. The van der Waals surface area contributed by atoms with Crippen molar-refractivity contribution in [3.63, 3.8) is 0 Å². The predicted octanol–water partition coefficient (Wildman–Crippen LogP) is 1.20. The molecule has 8 nitrogen and oxygen atoms in total. The Morgan fingerprint density at radius 3 is 2.52 bits per heavy atom. The maximum Gasteiger partial charge on any atom is 0.361 e. The number of hydrogen-bond donors (Lipinski definition) is 0. The zero-order chi connectivity index (χ0) is 17.2. The highest BCUT2D eigenvalue weighted by Crippen LogP contribution is 2.60. The summed E-state index contributed by atoms with van der Waals surface area (Å²) in [6.45, 7) is 0.451. The third-order valence-electron chi connectivity index (χ3n) is 6.37. The molecule has 2 aromatic heterocycles. The van der Waals surface area contributed by atoms with Crippen LogP contribution >= 0.6 is 0 Å². The minimum absolute atomic E-state index is 0.0647. The highest BCUT2D eigenvalue weighted by Gasteiger charge is 2.51. The zero-order valence-corrected chi connectivity index (χ0v) is 14.2. The Morgan fingerprint density at radius 2 is 1.88 bits per heavy atom. The van der Waals surface area contributed by atoms with E-state index in [1.807, 2.05) is 0 Å². The Bertz CT molecular complexity index is 879. The highest BCUT2D eigenvalue weighted by atomic mass is 16.5. The van der Waals surface area contributed by atoms with Crippen LogP contribution in [0.3, 0.4) is 0 Å². The SMILES string of the molecule is Cn1nnc2c(C(=O)OCC34CC5C[C@H](C3)C[C@H](C5)C4)ncn2c1=O. The smallest absolute Gasteiger partial charge is 0.361 e. The number of aryl methyl sites for hydroxylation is 1. The van der Waals surface area contributed by atoms with E-state index in [0.717, 1.165) is 22.4 Å². The third-order valence-corrected chi connectivity index (χ3v) is 6.37. The lowest BCUT2D eigenvalue weighted by atomic mass is 9.50. The van der Waals surface area contributed by atoms with Crippen molar-refractivity contribution in [3.8, 4) is 0 Å². The molecular formula is C17H21N5O3. The molecule has 0 atom stereocenters. The number of hydrogen-bond acceptors (Lipinski definition) is 6. The van der Waals surface area contributed by atoms with Crippen molar-refractivity contribution in [3.05, 3.63) is 22.5 Å². The number of imidazole rings is 1. The van der Waals surface area contributed by atoms with E-state index in [4.69, 9.17) is 4.74 Å². The summed E-state index contributed by atoms with van der Waals surface area (Å²) in [6.07, 6.45) is 8.91. The molecule has 4 fully saturated rings. The molecule has 8 heteroatoms. The van der Waals surface area contributed by atoms with Crippen LogP contribution in [-0.4, -0.2) is 37.0 Å². The lowest BCUT2D eigenvalue weighted by molar-refractivity contribution is -0.0848. The minimum atomic E-state index is -0.513. The van der Waals surface area contributed by atoms with Crippen molar-refractivity contribution in [2.45, 2.75) is 38.5 Å². The van der Waals surface area contributed by atoms with Gasteiger partial charge in [-0.25, -0.2) is 19.0 Å². The molecule has 0 aromatic carbocycles. The summed E-state index contributed by atoms with van der Waals surface area (Å²) in [5.74, 6) is 1.92. The number of fused-ring (bicyclic) bond motifs is 1. The van der Waals surface area contributed by atoms with Crippen molar-refractivity contribution in [2.75, 3.05) is 6.61 Å². The highest BCUT2D eigenvalue weighted by molar-refractivity contribution is 5.93. The number of esters is 1. The maximum absolute atomic E-state index is 12.5. The van der Waals surface area contributed by atoms with Crippen molar-refractivity contribution >= 4 is 11.6 Å². The maximum atomic E-state index is 12.5. The Labute approximate surface area is 144 Å². The van der Waals surface area contributed by atoms with Crippen LogP contribution in [0, 0.1) is 23.2 Å². The van der Waals surface area contributed by atoms with Gasteiger partial charge in [-0.3, -0.25) is 0 Å². The number of aromatic nitrogens is 5. The van der Waals surface area contributed by atoms with Gasteiger partial charge in [0.05, 0.1) is 6.61 Å². The van der Waals surface area contributed by atoms with E-state index in [9.17, 15) is 9.59 Å². The second kappa shape index (κ2) is 5.12. The average molecular weight is 343 g/mol. The molecule has 0 unspecified atom stereocenters. The fourth-order valence-electron chi connectivity index (χ4n) is 5.78. The van der Waals surface area contributed by atoms with E-state index in [0.29, 0.717) is 6.61 Å². The van der Waals surface area contributed by atoms with Gasteiger partial charge < -0.3 is 4.74 Å². The van der Waals surface area contributed by atoms with Gasteiger partial charge in [0.25, 0.3) is 0 Å². The molecule has 2 aromatic rings. The van der Waals surface area contributed by atoms with Crippen LogP contribution in [-0.2, 0) is 11.8 Å². The summed E-state index contributed by atoms with van der Waals surface area (Å²) in [5, 5.41) is 7.63. The number of rotatable bonds is 3. The summed E-state index contributed by atoms with van der Waals surface area (Å²) >= 11 is 0. The number of nitrogens with zero attached hydrogens (tertiary/aromatic N) is 5. The second-order valence-electron chi connectivity index (χ2n) is 8.28. The molecular weight excluding hydrogens is 322 g/mol. The summed E-state index contributed by atoms with van der Waals surface area (Å²) in [7, 11) is 1.50. The second-order valence-corrected chi connectivity index (χ2v) is 8.28. The molecule has 0 amide bonds. The Hall–Kier alpha value is -2.25. The Morgan fingerprint density at radius 1 is 1.24 bits per heavy atom. The van der Waals surface area contributed by atoms with Gasteiger partial charge >= 0.3 is 11.7 Å². The van der Waals surface area contributed by atoms with Crippen LogP contribution in [0.25, 0.3) is 5.65 Å². The van der Waals surface area contributed by atoms with Gasteiger partial charge in [-0.15, -0.1) is 5.10 Å². The van der Waals surface area contributed by atoms with Gasteiger partial charge in [-0.05, 0) is 56.3 Å². The molecule has 132 valence electrons. The van der Waals surface area contributed by atoms with Crippen molar-refractivity contribution in [2.24, 2.45) is 30.2 Å². The first-order valence-corrected chi connectivity index (χ1v) is 8.97. The van der Waals surface area contributed by atoms with E-state index in [2.05, 4.69) is 15.3 Å². The topological polar surface area (TPSA) is 91.4 Å². The van der Waals surface area contributed by atoms with E-state index in [1.54, 1.807) is 0 Å². The Balaban J connectivity index is 1.36. The molecule has 0 aliphatic heterocycles. The summed E-state index contributed by atoms with van der Waals surface area (Å²) in [4.78, 5) is 28.6. The fraction of sp³-hybridized carbons (Fsp3) is 0.706. The van der Waals surface area contributed by atoms with E-state index < -0.39 is 11.7 Å². The van der Waals surface area contributed by atoms with Crippen molar-refractivity contribution < 1.29 is 9.53 Å². The molecule has 0 radical (unpaired) electrons. The molecule has 2 heterocycles. The van der Waals surface area contributed by atoms with Crippen molar-refractivity contribution in [1.82, 2.24) is 24.4 Å². The largest absolute Gasteiger partial charge is 0.460 e. The number of ether oxygens (including phenoxy) is 1. The zero-order valence-electron chi connectivity index (χ0n) is 14.2. The van der Waals surface area contributed by atoms with Gasteiger partial charge in [-0.1, -0.05) is 5.21 Å². The fourth-order valence-corrected chi connectivity index (χ4v) is 5.78. The molecule has 0 saturated heterocycles. The van der Waals surface area contributed by atoms with Crippen LogP contribution in [0.4, 0.5) is 0 Å². The predicted molar refractivity (Wildman–Crippen MR) is 86.9 cm³/mol. The van der Waals surface area contributed by atoms with E-state index in [-0.39, 0.29) is 16.8 Å². The molecule has 4 aliphatic rings. The summed E-state index contributed by atoms with van der Waals surface area (Å²) < 4.78 is 7.97. The van der Waals surface area contributed by atoms with Crippen LogP contribution in [0.1, 0.15) is 49.0 Å². The average Bonchev–Trinajstić information content (AvgIpc) is 3.00. The van der Waals surface area contributed by atoms with E-state index in [1.165, 1.54) is 56.3 Å². The van der Waals surface area contributed by atoms with Gasteiger partial charge in [-0.2, -0.15) is 4.68 Å². The summed E-state index contributed by atoms with van der Waals surface area (Å²) in [6, 6.07) is 0. The minimum Gasteiger partial charge on any atom is -0.460 e. The molecule has 4 saturated carbocycles. The Kier molecular flexibility index (Phi) is 3.08. The molecule has 6 rings (SSSR count). The third kappa shape index (κ3) is 2.30. The first-order chi connectivity index (χ1) is 12.0. The van der Waals surface area contributed by atoms with Crippen LogP contribution < -0.4 is 5.69 Å². The first-order valence-electron chi connectivity index (χ1n) is 8.97. The van der Waals surface area contributed by atoms with Gasteiger partial charge in [0.15, 0.2) is 11.3 Å². The number of carbonyl (C=O) groups is 1. The normalized spacial score (nSPS) is 33.1. The molecule has 0 spiro atoms. The molecule has 4 aliphatic carbocycles. The van der Waals surface area contributed by atoms with Crippen molar-refractivity contribution in [1.29, 1.82) is 0 Å². The van der Waals surface area contributed by atoms with Crippen LogP contribution in [0.15, 0.2) is 11.1 Å².